The van der Waals surface area contributed by atoms with E-state index in [0.29, 0.717) is 21.8 Å². The largest absolute Gasteiger partial charge is 0.467 e. The van der Waals surface area contributed by atoms with Crippen LogP contribution in [0.3, 0.4) is 0 Å². The summed E-state index contributed by atoms with van der Waals surface area (Å²) in [7, 11) is 0. The summed E-state index contributed by atoms with van der Waals surface area (Å²) in [6, 6.07) is 11.0. The van der Waals surface area contributed by atoms with E-state index in [1.54, 1.807) is 37.5 Å². The molecule has 3 rings (SSSR count). The highest BCUT2D eigenvalue weighted by Crippen LogP contribution is 2.22. The minimum absolute atomic E-state index is 0.0244. The molecule has 156 valence electrons. The number of hydrogen-bond acceptors (Lipinski definition) is 6. The third-order valence-electron chi connectivity index (χ3n) is 4.89. The number of rotatable bonds is 7. The molecule has 0 radical (unpaired) electrons. The number of amides is 1. The van der Waals surface area contributed by atoms with Crippen molar-refractivity contribution in [3.63, 3.8) is 0 Å². The van der Waals surface area contributed by atoms with Crippen molar-refractivity contribution in [3.8, 4) is 6.07 Å². The fourth-order valence-electron chi connectivity index (χ4n) is 2.74. The maximum Gasteiger partial charge on any atom is 0.262 e. The lowest BCUT2D eigenvalue weighted by atomic mass is 9.90. The number of nitriles is 1. The monoisotopic (exact) mass is 488 g/mol. The summed E-state index contributed by atoms with van der Waals surface area (Å²) in [6.07, 6.45) is 1.54. The molecule has 0 aliphatic carbocycles. The molecular formula is C21H21BrN4O3S. The Morgan fingerprint density at radius 2 is 2.20 bits per heavy atom. The highest BCUT2D eigenvalue weighted by molar-refractivity contribution is 9.10. The van der Waals surface area contributed by atoms with Gasteiger partial charge in [-0.1, -0.05) is 41.5 Å². The van der Waals surface area contributed by atoms with Crippen molar-refractivity contribution in [1.82, 2.24) is 14.9 Å². The van der Waals surface area contributed by atoms with E-state index < -0.39 is 5.54 Å². The van der Waals surface area contributed by atoms with Gasteiger partial charge in [0.05, 0.1) is 35.5 Å². The zero-order chi connectivity index (χ0) is 21.9. The van der Waals surface area contributed by atoms with Crippen LogP contribution in [0.15, 0.2) is 55.4 Å². The van der Waals surface area contributed by atoms with Gasteiger partial charge in [-0.25, -0.2) is 4.98 Å². The van der Waals surface area contributed by atoms with E-state index in [2.05, 4.69) is 32.3 Å². The average Bonchev–Trinajstić information content (AvgIpc) is 3.22. The van der Waals surface area contributed by atoms with Crippen LogP contribution in [0.25, 0.3) is 10.9 Å². The van der Waals surface area contributed by atoms with Crippen molar-refractivity contribution in [1.29, 1.82) is 5.26 Å². The van der Waals surface area contributed by atoms with Crippen LogP contribution in [0.2, 0.25) is 0 Å². The van der Waals surface area contributed by atoms with Crippen molar-refractivity contribution in [2.75, 3.05) is 5.75 Å². The molecule has 0 aliphatic heterocycles. The van der Waals surface area contributed by atoms with Gasteiger partial charge < -0.3 is 9.73 Å². The third-order valence-corrected chi connectivity index (χ3v) is 6.36. The van der Waals surface area contributed by atoms with Crippen molar-refractivity contribution in [3.05, 3.63) is 57.2 Å². The first-order valence-electron chi connectivity index (χ1n) is 9.31. The van der Waals surface area contributed by atoms with Crippen LogP contribution < -0.4 is 10.9 Å². The smallest absolute Gasteiger partial charge is 0.262 e. The summed E-state index contributed by atoms with van der Waals surface area (Å²) in [5.41, 5.74) is -0.635. The topological polar surface area (TPSA) is 101 Å². The van der Waals surface area contributed by atoms with Gasteiger partial charge in [-0.05, 0) is 43.2 Å². The second-order valence-electron chi connectivity index (χ2n) is 7.33. The summed E-state index contributed by atoms with van der Waals surface area (Å²) in [4.78, 5) is 30.2. The van der Waals surface area contributed by atoms with Gasteiger partial charge in [0.25, 0.3) is 5.56 Å². The quantitative estimate of drug-likeness (QED) is 0.399. The maximum absolute atomic E-state index is 13.1. The van der Waals surface area contributed by atoms with E-state index in [4.69, 9.17) is 4.42 Å². The van der Waals surface area contributed by atoms with Gasteiger partial charge in [-0.2, -0.15) is 5.26 Å². The Balaban J connectivity index is 1.92. The van der Waals surface area contributed by atoms with Gasteiger partial charge in [-0.15, -0.1) is 0 Å². The molecule has 30 heavy (non-hydrogen) atoms. The van der Waals surface area contributed by atoms with Crippen molar-refractivity contribution < 1.29 is 9.21 Å². The molecule has 2 aromatic heterocycles. The van der Waals surface area contributed by atoms with E-state index in [-0.39, 0.29) is 29.7 Å². The number of thioether (sulfide) groups is 1. The predicted octanol–water partition coefficient (Wildman–Crippen LogP) is 3.95. The van der Waals surface area contributed by atoms with Crippen molar-refractivity contribution >= 4 is 44.5 Å². The van der Waals surface area contributed by atoms with Crippen molar-refractivity contribution in [2.24, 2.45) is 5.92 Å². The fourth-order valence-corrected chi connectivity index (χ4v) is 3.90. The van der Waals surface area contributed by atoms with Gasteiger partial charge in [0, 0.05) is 4.47 Å². The van der Waals surface area contributed by atoms with Gasteiger partial charge in [0.1, 0.15) is 11.3 Å². The number of furan rings is 1. The molecule has 1 unspecified atom stereocenters. The first kappa shape index (κ1) is 22.1. The Labute approximate surface area is 186 Å². The van der Waals surface area contributed by atoms with Crippen LogP contribution in [0, 0.1) is 17.2 Å². The van der Waals surface area contributed by atoms with Gasteiger partial charge in [-0.3, -0.25) is 14.2 Å². The van der Waals surface area contributed by atoms with E-state index in [0.717, 1.165) is 16.2 Å². The molecular weight excluding hydrogens is 468 g/mol. The molecule has 1 amide bonds. The van der Waals surface area contributed by atoms with E-state index in [1.165, 1.54) is 4.57 Å². The SMILES string of the molecule is CC(C)C(C)(C#N)NC(=O)CSc1nc2ccc(Br)cc2c(=O)n1Cc1ccco1. The molecule has 0 saturated heterocycles. The number of carbonyl (C=O) groups excluding carboxylic acids is 1. The molecule has 1 atom stereocenters. The van der Waals surface area contributed by atoms with E-state index >= 15 is 0 Å². The third kappa shape index (κ3) is 4.77. The number of fused-ring (bicyclic) bond motifs is 1. The van der Waals surface area contributed by atoms with Crippen LogP contribution in [-0.2, 0) is 11.3 Å². The fraction of sp³-hybridized carbons (Fsp3) is 0.333. The number of nitrogens with one attached hydrogen (secondary N) is 1. The van der Waals surface area contributed by atoms with Gasteiger partial charge >= 0.3 is 0 Å². The lowest BCUT2D eigenvalue weighted by Gasteiger charge is -2.27. The molecule has 0 aliphatic rings. The Kier molecular flexibility index (Phi) is 6.68. The molecule has 0 bridgehead atoms. The zero-order valence-corrected chi connectivity index (χ0v) is 19.2. The molecule has 0 spiro atoms. The second-order valence-corrected chi connectivity index (χ2v) is 9.19. The van der Waals surface area contributed by atoms with Gasteiger partial charge in [0.2, 0.25) is 5.91 Å². The Morgan fingerprint density at radius 3 is 2.83 bits per heavy atom. The lowest BCUT2D eigenvalue weighted by Crippen LogP contribution is -2.49. The summed E-state index contributed by atoms with van der Waals surface area (Å²) in [5, 5.41) is 13.1. The number of aromatic nitrogens is 2. The van der Waals surface area contributed by atoms with Crippen LogP contribution in [0.4, 0.5) is 0 Å². The summed E-state index contributed by atoms with van der Waals surface area (Å²) in [6.45, 7) is 5.65. The Morgan fingerprint density at radius 1 is 1.43 bits per heavy atom. The summed E-state index contributed by atoms with van der Waals surface area (Å²) < 4.78 is 7.67. The zero-order valence-electron chi connectivity index (χ0n) is 16.8. The molecule has 9 heteroatoms. The predicted molar refractivity (Wildman–Crippen MR) is 119 cm³/mol. The lowest BCUT2D eigenvalue weighted by molar-refractivity contribution is -0.120. The van der Waals surface area contributed by atoms with Crippen molar-refractivity contribution in [2.45, 2.75) is 38.0 Å². The van der Waals surface area contributed by atoms with Crippen LogP contribution in [0.1, 0.15) is 26.5 Å². The molecule has 7 nitrogen and oxygen atoms in total. The average molecular weight is 489 g/mol. The first-order chi connectivity index (χ1) is 14.2. The minimum Gasteiger partial charge on any atom is -0.467 e. The highest BCUT2D eigenvalue weighted by Gasteiger charge is 2.30. The molecule has 0 fully saturated rings. The first-order valence-corrected chi connectivity index (χ1v) is 11.1. The normalized spacial score (nSPS) is 13.2. The summed E-state index contributed by atoms with van der Waals surface area (Å²) >= 11 is 4.54. The second kappa shape index (κ2) is 9.06. The number of hydrogen-bond donors (Lipinski definition) is 1. The van der Waals surface area contributed by atoms with Crippen LogP contribution in [0.5, 0.6) is 0 Å². The van der Waals surface area contributed by atoms with Crippen LogP contribution in [-0.4, -0.2) is 26.8 Å². The Bertz CT molecular complexity index is 1170. The number of carbonyl (C=O) groups is 1. The van der Waals surface area contributed by atoms with E-state index in [1.807, 2.05) is 19.9 Å². The van der Waals surface area contributed by atoms with E-state index in [9.17, 15) is 14.9 Å². The maximum atomic E-state index is 13.1. The molecule has 2 heterocycles. The molecule has 3 aromatic rings. The molecule has 1 N–H and O–H groups in total. The van der Waals surface area contributed by atoms with Crippen LogP contribution >= 0.6 is 27.7 Å². The standard InChI is InChI=1S/C21H21BrN4O3S/c1-13(2)21(3,12-23)25-18(27)11-30-20-24-17-7-6-14(22)9-16(17)19(28)26(20)10-15-5-4-8-29-15/h4-9,13H,10-11H2,1-3H3,(H,25,27). The Hall–Kier alpha value is -2.57. The van der Waals surface area contributed by atoms with Gasteiger partial charge in [0.15, 0.2) is 5.16 Å². The molecule has 0 saturated carbocycles. The highest BCUT2D eigenvalue weighted by atomic mass is 79.9. The number of benzene rings is 1. The summed E-state index contributed by atoms with van der Waals surface area (Å²) in [5.74, 6) is 0.283. The minimum atomic E-state index is -0.964. The number of nitrogens with zero attached hydrogens (tertiary/aromatic N) is 3. The number of halogens is 1. The molecule has 1 aromatic carbocycles.